The van der Waals surface area contributed by atoms with Crippen molar-refractivity contribution in [1.82, 2.24) is 5.32 Å². The summed E-state index contributed by atoms with van der Waals surface area (Å²) in [5, 5.41) is 3.64. The van der Waals surface area contributed by atoms with E-state index >= 15 is 0 Å². The molecule has 1 unspecified atom stereocenters. The van der Waals surface area contributed by atoms with Crippen molar-refractivity contribution in [3.05, 3.63) is 19.8 Å². The van der Waals surface area contributed by atoms with Crippen molar-refractivity contribution in [3.63, 3.8) is 0 Å². The van der Waals surface area contributed by atoms with Crippen molar-refractivity contribution in [3.8, 4) is 0 Å². The van der Waals surface area contributed by atoms with Crippen molar-refractivity contribution in [2.45, 2.75) is 40.7 Å². The zero-order chi connectivity index (χ0) is 13.7. The second-order valence-electron chi connectivity index (χ2n) is 6.23. The average molecular weight is 351 g/mol. The fraction of sp³-hybridized carbons (Fsp3) is 0.714. The molecule has 1 nitrogen and oxygen atoms in total. The highest BCUT2D eigenvalue weighted by Crippen LogP contribution is 2.72. The molecule has 1 atom stereocenters. The molecule has 0 saturated heterocycles. The van der Waals surface area contributed by atoms with E-state index in [9.17, 15) is 0 Å². The maximum atomic E-state index is 6.18. The first-order valence-electron chi connectivity index (χ1n) is 6.41. The summed E-state index contributed by atoms with van der Waals surface area (Å²) < 4.78 is 1.87. The van der Waals surface area contributed by atoms with E-state index in [1.165, 1.54) is 4.88 Å². The maximum absolute atomic E-state index is 6.18. The largest absolute Gasteiger partial charge is 0.309 e. The van der Waals surface area contributed by atoms with Gasteiger partial charge < -0.3 is 5.32 Å². The minimum atomic E-state index is 0.378. The normalized spacial score (nSPS) is 23.1. The number of hydrogen-bond acceptors (Lipinski definition) is 2. The zero-order valence-electron chi connectivity index (χ0n) is 11.6. The lowest BCUT2D eigenvalue weighted by Gasteiger charge is -2.18. The lowest BCUT2D eigenvalue weighted by atomic mass is 10.0. The average Bonchev–Trinajstić information content (AvgIpc) is 2.54. The molecular weight excluding hydrogens is 330 g/mol. The highest BCUT2D eigenvalue weighted by molar-refractivity contribution is 9.10. The molecule has 1 aliphatic carbocycles. The van der Waals surface area contributed by atoms with Crippen LogP contribution in [-0.2, 0) is 0 Å². The van der Waals surface area contributed by atoms with Crippen LogP contribution in [0.15, 0.2) is 10.5 Å². The molecular formula is C14H21BrClNS. The highest BCUT2D eigenvalue weighted by atomic mass is 79.9. The topological polar surface area (TPSA) is 12.0 Å². The fourth-order valence-corrected chi connectivity index (χ4v) is 5.05. The molecule has 0 aromatic carbocycles. The third kappa shape index (κ3) is 2.17. The van der Waals surface area contributed by atoms with Gasteiger partial charge in [0.1, 0.15) is 4.34 Å². The Balaban J connectivity index is 2.31. The Morgan fingerprint density at radius 3 is 2.28 bits per heavy atom. The Labute approximate surface area is 127 Å². The van der Waals surface area contributed by atoms with Gasteiger partial charge in [0, 0.05) is 15.4 Å². The van der Waals surface area contributed by atoms with Gasteiger partial charge in [0.25, 0.3) is 0 Å². The van der Waals surface area contributed by atoms with Crippen molar-refractivity contribution < 1.29 is 0 Å². The summed E-state index contributed by atoms with van der Waals surface area (Å²) in [5.74, 6) is 0.659. The second kappa shape index (κ2) is 4.76. The quantitative estimate of drug-likeness (QED) is 0.756. The second-order valence-corrected chi connectivity index (χ2v) is 8.77. The molecule has 0 spiro atoms. The standard InChI is InChI=1S/C14H21BrClNS/c1-6-17-10(9-7-8(15)12(16)18-9)11-13(2,3)14(11,4)5/h7,10-11,17H,6H2,1-5H3. The molecule has 1 aliphatic rings. The lowest BCUT2D eigenvalue weighted by molar-refractivity contribution is 0.424. The molecule has 0 bridgehead atoms. The summed E-state index contributed by atoms with van der Waals surface area (Å²) >= 11 is 11.4. The van der Waals surface area contributed by atoms with E-state index in [0.717, 1.165) is 15.4 Å². The van der Waals surface area contributed by atoms with Gasteiger partial charge in [-0.05, 0) is 45.3 Å². The molecule has 1 saturated carbocycles. The van der Waals surface area contributed by atoms with Crippen LogP contribution in [0, 0.1) is 16.7 Å². The third-order valence-corrected chi connectivity index (χ3v) is 7.42. The number of thiophene rings is 1. The van der Waals surface area contributed by atoms with Gasteiger partial charge in [-0.15, -0.1) is 11.3 Å². The van der Waals surface area contributed by atoms with E-state index in [4.69, 9.17) is 11.6 Å². The van der Waals surface area contributed by atoms with Gasteiger partial charge in [0.05, 0.1) is 0 Å². The molecule has 0 radical (unpaired) electrons. The van der Waals surface area contributed by atoms with Crippen LogP contribution in [0.4, 0.5) is 0 Å². The number of halogens is 2. The van der Waals surface area contributed by atoms with Gasteiger partial charge in [0.15, 0.2) is 0 Å². The fourth-order valence-electron chi connectivity index (χ4n) is 3.20. The molecule has 1 aromatic heterocycles. The molecule has 18 heavy (non-hydrogen) atoms. The summed E-state index contributed by atoms with van der Waals surface area (Å²) in [4.78, 5) is 1.34. The van der Waals surface area contributed by atoms with Gasteiger partial charge in [-0.3, -0.25) is 0 Å². The molecule has 102 valence electrons. The van der Waals surface area contributed by atoms with Gasteiger partial charge in [0.2, 0.25) is 0 Å². The van der Waals surface area contributed by atoms with Crippen molar-refractivity contribution >= 4 is 38.9 Å². The van der Waals surface area contributed by atoms with Crippen LogP contribution in [0.1, 0.15) is 45.5 Å². The van der Waals surface area contributed by atoms with E-state index in [-0.39, 0.29) is 0 Å². The van der Waals surface area contributed by atoms with E-state index < -0.39 is 0 Å². The van der Waals surface area contributed by atoms with Gasteiger partial charge in [-0.1, -0.05) is 46.2 Å². The van der Waals surface area contributed by atoms with Crippen LogP contribution in [0.2, 0.25) is 4.34 Å². The summed E-state index contributed by atoms with van der Waals surface area (Å²) in [5.41, 5.74) is 0.756. The summed E-state index contributed by atoms with van der Waals surface area (Å²) in [6.07, 6.45) is 0. The SMILES string of the molecule is CCNC(c1cc(Br)c(Cl)s1)C1C(C)(C)C1(C)C. The predicted octanol–water partition coefficient (Wildman–Crippen LogP) is 5.50. The lowest BCUT2D eigenvalue weighted by Crippen LogP contribution is -2.24. The van der Waals surface area contributed by atoms with Crippen LogP contribution in [0.5, 0.6) is 0 Å². The van der Waals surface area contributed by atoms with E-state index in [2.05, 4.69) is 61.9 Å². The Bertz CT molecular complexity index is 419. The summed E-state index contributed by atoms with van der Waals surface area (Å²) in [6.45, 7) is 12.6. The first-order valence-corrected chi connectivity index (χ1v) is 8.40. The van der Waals surface area contributed by atoms with Crippen molar-refractivity contribution in [2.24, 2.45) is 16.7 Å². The Morgan fingerprint density at radius 2 is 1.94 bits per heavy atom. The van der Waals surface area contributed by atoms with E-state index in [0.29, 0.717) is 22.8 Å². The van der Waals surface area contributed by atoms with Gasteiger partial charge in [-0.2, -0.15) is 0 Å². The molecule has 0 amide bonds. The molecule has 1 N–H and O–H groups in total. The van der Waals surface area contributed by atoms with Crippen LogP contribution in [0.25, 0.3) is 0 Å². The molecule has 1 fully saturated rings. The molecule has 1 aromatic rings. The molecule has 1 heterocycles. The van der Waals surface area contributed by atoms with Crippen LogP contribution >= 0.6 is 38.9 Å². The minimum absolute atomic E-state index is 0.378. The molecule has 2 rings (SSSR count). The van der Waals surface area contributed by atoms with Crippen LogP contribution in [-0.4, -0.2) is 6.54 Å². The highest BCUT2D eigenvalue weighted by Gasteiger charge is 2.67. The maximum Gasteiger partial charge on any atom is 0.107 e. The Hall–Kier alpha value is 0.430. The molecule has 0 aliphatic heterocycles. The van der Waals surface area contributed by atoms with Gasteiger partial charge >= 0.3 is 0 Å². The van der Waals surface area contributed by atoms with E-state index in [1.54, 1.807) is 11.3 Å². The van der Waals surface area contributed by atoms with Crippen LogP contribution in [0.3, 0.4) is 0 Å². The smallest absolute Gasteiger partial charge is 0.107 e. The van der Waals surface area contributed by atoms with Crippen molar-refractivity contribution in [1.29, 1.82) is 0 Å². The number of hydrogen-bond donors (Lipinski definition) is 1. The summed E-state index contributed by atoms with van der Waals surface area (Å²) in [7, 11) is 0. The Kier molecular flexibility index (Phi) is 3.92. The predicted molar refractivity (Wildman–Crippen MR) is 84.5 cm³/mol. The Morgan fingerprint density at radius 1 is 1.39 bits per heavy atom. The third-order valence-electron chi connectivity index (χ3n) is 4.86. The minimum Gasteiger partial charge on any atom is -0.309 e. The van der Waals surface area contributed by atoms with Crippen LogP contribution < -0.4 is 5.32 Å². The van der Waals surface area contributed by atoms with E-state index in [1.807, 2.05) is 0 Å². The number of nitrogens with one attached hydrogen (secondary N) is 1. The first kappa shape index (κ1) is 14.8. The number of rotatable bonds is 4. The monoisotopic (exact) mass is 349 g/mol. The van der Waals surface area contributed by atoms with Crippen molar-refractivity contribution in [2.75, 3.05) is 6.54 Å². The van der Waals surface area contributed by atoms with Gasteiger partial charge in [-0.25, -0.2) is 0 Å². The summed E-state index contributed by atoms with van der Waals surface area (Å²) in [6, 6.07) is 2.58. The first-order chi connectivity index (χ1) is 8.23. The zero-order valence-corrected chi connectivity index (χ0v) is 14.8. The molecule has 4 heteroatoms.